The Hall–Kier alpha value is -3.80. The predicted molar refractivity (Wildman–Crippen MR) is 124 cm³/mol. The Kier molecular flexibility index (Phi) is 6.70. The van der Waals surface area contributed by atoms with E-state index in [0.717, 1.165) is 16.7 Å². The van der Waals surface area contributed by atoms with Crippen LogP contribution in [-0.2, 0) is 11.2 Å². The molecule has 1 aliphatic heterocycles. The van der Waals surface area contributed by atoms with E-state index in [9.17, 15) is 9.59 Å². The van der Waals surface area contributed by atoms with E-state index in [1.54, 1.807) is 46.5 Å². The number of nitrogens with zero attached hydrogens (tertiary/aromatic N) is 4. The number of carbonyl (C=O) groups is 2. The maximum Gasteiger partial charge on any atom is 0.272 e. The highest BCUT2D eigenvalue weighted by molar-refractivity contribution is 5.93. The van der Waals surface area contributed by atoms with Crippen molar-refractivity contribution in [1.29, 1.82) is 0 Å². The lowest BCUT2D eigenvalue weighted by Gasteiger charge is -2.23. The largest absolute Gasteiger partial charge is 0.337 e. The Morgan fingerprint density at radius 1 is 1.06 bits per heavy atom. The summed E-state index contributed by atoms with van der Waals surface area (Å²) < 4.78 is 0. The lowest BCUT2D eigenvalue weighted by Crippen LogP contribution is -2.38. The summed E-state index contributed by atoms with van der Waals surface area (Å²) >= 11 is 0. The first-order valence-electron chi connectivity index (χ1n) is 10.7. The van der Waals surface area contributed by atoms with Crippen LogP contribution in [0.3, 0.4) is 0 Å². The zero-order chi connectivity index (χ0) is 22.3. The van der Waals surface area contributed by atoms with Crippen molar-refractivity contribution >= 4 is 11.8 Å². The second-order valence-corrected chi connectivity index (χ2v) is 7.88. The van der Waals surface area contributed by atoms with Gasteiger partial charge in [-0.1, -0.05) is 42.5 Å². The van der Waals surface area contributed by atoms with Gasteiger partial charge in [-0.3, -0.25) is 19.6 Å². The summed E-state index contributed by atoms with van der Waals surface area (Å²) in [7, 11) is 0. The van der Waals surface area contributed by atoms with E-state index in [-0.39, 0.29) is 17.7 Å². The van der Waals surface area contributed by atoms with E-state index in [1.165, 1.54) is 0 Å². The second-order valence-electron chi connectivity index (χ2n) is 7.88. The number of rotatable bonds is 6. The van der Waals surface area contributed by atoms with Crippen molar-refractivity contribution in [2.75, 3.05) is 26.2 Å². The van der Waals surface area contributed by atoms with Gasteiger partial charge < -0.3 is 9.80 Å². The van der Waals surface area contributed by atoms with Crippen molar-refractivity contribution < 1.29 is 9.59 Å². The molecule has 1 aliphatic rings. The van der Waals surface area contributed by atoms with Crippen LogP contribution in [0.15, 0.2) is 85.8 Å². The average molecular weight is 427 g/mol. The van der Waals surface area contributed by atoms with E-state index in [4.69, 9.17) is 0 Å². The van der Waals surface area contributed by atoms with Crippen LogP contribution in [0.1, 0.15) is 16.1 Å². The van der Waals surface area contributed by atoms with E-state index in [2.05, 4.69) is 22.6 Å². The third-order valence-corrected chi connectivity index (χ3v) is 5.67. The first-order valence-corrected chi connectivity index (χ1v) is 10.7. The molecule has 162 valence electrons. The van der Waals surface area contributed by atoms with Gasteiger partial charge >= 0.3 is 0 Å². The predicted octanol–water partition coefficient (Wildman–Crippen LogP) is 3.47. The van der Waals surface area contributed by atoms with Crippen LogP contribution < -0.4 is 0 Å². The van der Waals surface area contributed by atoms with Crippen LogP contribution in [0.5, 0.6) is 0 Å². The highest BCUT2D eigenvalue weighted by Gasteiger charge is 2.32. The molecule has 32 heavy (non-hydrogen) atoms. The second kappa shape index (κ2) is 10.0. The van der Waals surface area contributed by atoms with Crippen molar-refractivity contribution in [3.63, 3.8) is 0 Å². The minimum Gasteiger partial charge on any atom is -0.337 e. The molecule has 0 radical (unpaired) electrons. The molecule has 1 fully saturated rings. The van der Waals surface area contributed by atoms with Gasteiger partial charge in [-0.2, -0.15) is 0 Å². The van der Waals surface area contributed by atoms with Crippen LogP contribution in [0, 0.1) is 5.92 Å². The van der Waals surface area contributed by atoms with Crippen LogP contribution >= 0.6 is 0 Å². The lowest BCUT2D eigenvalue weighted by atomic mass is 9.95. The van der Waals surface area contributed by atoms with Crippen molar-refractivity contribution in [3.05, 3.63) is 97.1 Å². The molecule has 0 bridgehead atoms. The van der Waals surface area contributed by atoms with Gasteiger partial charge in [-0.05, 0) is 41.3 Å². The number of carbonyl (C=O) groups excluding carboxylic acids is 2. The topological polar surface area (TPSA) is 66.4 Å². The van der Waals surface area contributed by atoms with Gasteiger partial charge in [0.2, 0.25) is 5.91 Å². The number of aromatic nitrogens is 2. The van der Waals surface area contributed by atoms with Crippen molar-refractivity contribution in [1.82, 2.24) is 19.8 Å². The van der Waals surface area contributed by atoms with Crippen molar-refractivity contribution in [2.45, 2.75) is 6.42 Å². The highest BCUT2D eigenvalue weighted by Crippen LogP contribution is 2.23. The Morgan fingerprint density at radius 3 is 2.69 bits per heavy atom. The molecule has 1 aromatic carbocycles. The Morgan fingerprint density at radius 2 is 1.94 bits per heavy atom. The molecular weight excluding hydrogens is 400 g/mol. The van der Waals surface area contributed by atoms with E-state index in [0.29, 0.717) is 38.3 Å². The van der Waals surface area contributed by atoms with Gasteiger partial charge in [-0.15, -0.1) is 6.58 Å². The van der Waals surface area contributed by atoms with Crippen LogP contribution in [-0.4, -0.2) is 57.8 Å². The van der Waals surface area contributed by atoms with Crippen LogP contribution in [0.2, 0.25) is 0 Å². The molecule has 2 amide bonds. The first-order chi connectivity index (χ1) is 15.7. The first kappa shape index (κ1) is 21.4. The minimum absolute atomic E-state index is 0.0491. The summed E-state index contributed by atoms with van der Waals surface area (Å²) in [5, 5.41) is 0. The standard InChI is InChI=1S/C26H26N4O2/c1-2-13-29-14-15-30(26(32)24-10-3-4-12-28-24)19-23(25(29)31)17-20-7-5-8-21(16-20)22-9-6-11-27-18-22/h2-12,16,18,23H,1,13-15,17,19H2/t23-/m1/s1. The molecule has 3 heterocycles. The highest BCUT2D eigenvalue weighted by atomic mass is 16.2. The summed E-state index contributed by atoms with van der Waals surface area (Å²) in [6.07, 6.45) is 7.47. The maximum atomic E-state index is 13.3. The van der Waals surface area contributed by atoms with Gasteiger partial charge in [0.25, 0.3) is 5.91 Å². The third kappa shape index (κ3) is 4.91. The number of amides is 2. The fourth-order valence-corrected chi connectivity index (χ4v) is 4.07. The van der Waals surface area contributed by atoms with Crippen LogP contribution in [0.25, 0.3) is 11.1 Å². The molecule has 0 unspecified atom stereocenters. The van der Waals surface area contributed by atoms with Gasteiger partial charge in [0.15, 0.2) is 0 Å². The molecule has 3 aromatic rings. The minimum atomic E-state index is -0.339. The molecule has 0 N–H and O–H groups in total. The average Bonchev–Trinajstić information content (AvgIpc) is 2.99. The maximum absolute atomic E-state index is 13.3. The number of pyridine rings is 2. The summed E-state index contributed by atoms with van der Waals surface area (Å²) in [5.74, 6) is -0.435. The zero-order valence-electron chi connectivity index (χ0n) is 17.9. The molecular formula is C26H26N4O2. The van der Waals surface area contributed by atoms with Gasteiger partial charge in [0, 0.05) is 44.8 Å². The molecule has 0 spiro atoms. The molecule has 6 nitrogen and oxygen atoms in total. The Bertz CT molecular complexity index is 1090. The van der Waals surface area contributed by atoms with Crippen molar-refractivity contribution in [2.24, 2.45) is 5.92 Å². The fraction of sp³-hybridized carbons (Fsp3) is 0.231. The molecule has 0 aliphatic carbocycles. The molecule has 2 aromatic heterocycles. The SMILES string of the molecule is C=CCN1CCN(C(=O)c2ccccn2)C[C@@H](Cc2cccc(-c3cccnc3)c2)C1=O. The number of hydrogen-bond acceptors (Lipinski definition) is 4. The monoisotopic (exact) mass is 426 g/mol. The summed E-state index contributed by atoms with van der Waals surface area (Å²) in [6, 6.07) is 17.4. The molecule has 0 saturated carbocycles. The number of hydrogen-bond donors (Lipinski definition) is 0. The fourth-order valence-electron chi connectivity index (χ4n) is 4.07. The summed E-state index contributed by atoms with van der Waals surface area (Å²) in [6.45, 7) is 5.57. The molecule has 1 atom stereocenters. The molecule has 1 saturated heterocycles. The van der Waals surface area contributed by atoms with Gasteiger partial charge in [0.1, 0.15) is 5.69 Å². The molecule has 6 heteroatoms. The smallest absolute Gasteiger partial charge is 0.272 e. The summed E-state index contributed by atoms with van der Waals surface area (Å²) in [4.78, 5) is 38.3. The quantitative estimate of drug-likeness (QED) is 0.566. The van der Waals surface area contributed by atoms with E-state index >= 15 is 0 Å². The number of benzene rings is 1. The van der Waals surface area contributed by atoms with Gasteiger partial charge in [0.05, 0.1) is 5.92 Å². The third-order valence-electron chi connectivity index (χ3n) is 5.67. The van der Waals surface area contributed by atoms with E-state index in [1.807, 2.05) is 36.5 Å². The lowest BCUT2D eigenvalue weighted by molar-refractivity contribution is -0.134. The Labute approximate surface area is 188 Å². The summed E-state index contributed by atoms with van der Waals surface area (Å²) in [5.41, 5.74) is 3.53. The van der Waals surface area contributed by atoms with Crippen molar-refractivity contribution in [3.8, 4) is 11.1 Å². The molecule has 4 rings (SSSR count). The van der Waals surface area contributed by atoms with E-state index < -0.39 is 0 Å². The zero-order valence-corrected chi connectivity index (χ0v) is 17.9. The van der Waals surface area contributed by atoms with Crippen LogP contribution in [0.4, 0.5) is 0 Å². The van der Waals surface area contributed by atoms with Gasteiger partial charge in [-0.25, -0.2) is 0 Å². The Balaban J connectivity index is 1.59. The normalized spacial score (nSPS) is 16.5.